The number of carbonyl (C=O) groups excluding carboxylic acids is 1. The average Bonchev–Trinajstić information content (AvgIpc) is 3.24. The first-order valence-electron chi connectivity index (χ1n) is 8.98. The summed E-state index contributed by atoms with van der Waals surface area (Å²) in [7, 11) is -3.02. The number of thiazole rings is 1. The predicted molar refractivity (Wildman–Crippen MR) is 112 cm³/mol. The van der Waals surface area contributed by atoms with E-state index in [4.69, 9.17) is 0 Å². The largest absolute Gasteiger partial charge is 0.338 e. The zero-order valence-corrected chi connectivity index (χ0v) is 17.9. The molecule has 5 nitrogen and oxygen atoms in total. The number of amides is 1. The third kappa shape index (κ3) is 5.56. The van der Waals surface area contributed by atoms with Crippen LogP contribution in [0.4, 0.5) is 0 Å². The molecule has 3 rings (SSSR count). The van der Waals surface area contributed by atoms with E-state index in [1.807, 2.05) is 49.6 Å². The smallest absolute Gasteiger partial charge is 0.233 e. The van der Waals surface area contributed by atoms with E-state index >= 15 is 0 Å². The highest BCUT2D eigenvalue weighted by molar-refractivity contribution is 8.01. The van der Waals surface area contributed by atoms with E-state index in [0.717, 1.165) is 15.6 Å². The molecule has 0 saturated carbocycles. The van der Waals surface area contributed by atoms with Crippen LogP contribution in [0.3, 0.4) is 0 Å². The molecule has 0 unspecified atom stereocenters. The Kier molecular flexibility index (Phi) is 6.60. The molecule has 1 aromatic carbocycles. The molecule has 27 heavy (non-hydrogen) atoms. The highest BCUT2D eigenvalue weighted by atomic mass is 32.2. The fourth-order valence-electron chi connectivity index (χ4n) is 3.14. The predicted octanol–water partition coefficient (Wildman–Crippen LogP) is 3.57. The number of nitrogens with zero attached hydrogens (tertiary/aromatic N) is 2. The lowest BCUT2D eigenvalue weighted by Gasteiger charge is -2.29. The molecule has 1 saturated heterocycles. The topological polar surface area (TPSA) is 67.3 Å². The van der Waals surface area contributed by atoms with Gasteiger partial charge in [0, 0.05) is 23.5 Å². The summed E-state index contributed by atoms with van der Waals surface area (Å²) in [5, 5.41) is 2.00. The minimum Gasteiger partial charge on any atom is -0.338 e. The molecule has 0 bridgehead atoms. The van der Waals surface area contributed by atoms with E-state index in [2.05, 4.69) is 4.98 Å². The maximum Gasteiger partial charge on any atom is 0.233 e. The summed E-state index contributed by atoms with van der Waals surface area (Å²) in [6, 6.07) is 9.76. The summed E-state index contributed by atoms with van der Waals surface area (Å²) in [6.45, 7) is 4.68. The number of benzene rings is 1. The molecular formula is C19H24N2O3S3. The third-order valence-corrected chi connectivity index (χ3v) is 8.16. The summed E-state index contributed by atoms with van der Waals surface area (Å²) in [5.41, 5.74) is 1.97. The number of hydrogen-bond acceptors (Lipinski definition) is 6. The minimum absolute atomic E-state index is 0.00717. The molecule has 1 aliphatic heterocycles. The van der Waals surface area contributed by atoms with Gasteiger partial charge in [-0.2, -0.15) is 0 Å². The van der Waals surface area contributed by atoms with E-state index in [1.54, 1.807) is 4.90 Å². The molecule has 146 valence electrons. The molecule has 1 aromatic heterocycles. The minimum atomic E-state index is -3.02. The average molecular weight is 425 g/mol. The van der Waals surface area contributed by atoms with Gasteiger partial charge in [0.25, 0.3) is 0 Å². The molecule has 0 aliphatic carbocycles. The van der Waals surface area contributed by atoms with Crippen LogP contribution in [0.2, 0.25) is 0 Å². The van der Waals surface area contributed by atoms with Crippen LogP contribution in [0, 0.1) is 5.92 Å². The third-order valence-electron chi connectivity index (χ3n) is 4.40. The Morgan fingerprint density at radius 3 is 2.70 bits per heavy atom. The molecule has 1 fully saturated rings. The molecule has 1 aliphatic rings. The molecular weight excluding hydrogens is 400 g/mol. The molecule has 1 atom stereocenters. The second-order valence-corrected chi connectivity index (χ2v) is 11.5. The van der Waals surface area contributed by atoms with Crippen molar-refractivity contribution in [2.45, 2.75) is 30.6 Å². The molecule has 2 heterocycles. The Labute approximate surface area is 169 Å². The Morgan fingerprint density at radius 2 is 2.07 bits per heavy atom. The van der Waals surface area contributed by atoms with Crippen molar-refractivity contribution in [2.75, 3.05) is 23.8 Å². The molecule has 2 aromatic rings. The van der Waals surface area contributed by atoms with Crippen molar-refractivity contribution in [2.24, 2.45) is 5.92 Å². The van der Waals surface area contributed by atoms with Crippen molar-refractivity contribution in [3.63, 3.8) is 0 Å². The van der Waals surface area contributed by atoms with Crippen molar-refractivity contribution in [3.05, 3.63) is 35.7 Å². The van der Waals surface area contributed by atoms with Crippen molar-refractivity contribution in [1.82, 2.24) is 9.88 Å². The Bertz CT molecular complexity index is 879. The summed E-state index contributed by atoms with van der Waals surface area (Å²) >= 11 is 2.95. The Balaban J connectivity index is 1.63. The van der Waals surface area contributed by atoms with Crippen LogP contribution < -0.4 is 0 Å². The van der Waals surface area contributed by atoms with Crippen molar-refractivity contribution in [3.8, 4) is 11.3 Å². The van der Waals surface area contributed by atoms with Crippen LogP contribution >= 0.6 is 23.1 Å². The van der Waals surface area contributed by atoms with Crippen LogP contribution in [0.5, 0.6) is 0 Å². The van der Waals surface area contributed by atoms with E-state index < -0.39 is 9.84 Å². The van der Waals surface area contributed by atoms with Gasteiger partial charge in [-0.1, -0.05) is 55.9 Å². The second-order valence-electron chi connectivity index (χ2n) is 7.15. The van der Waals surface area contributed by atoms with Gasteiger partial charge in [0.15, 0.2) is 14.2 Å². The second kappa shape index (κ2) is 8.75. The quantitative estimate of drug-likeness (QED) is 0.636. The van der Waals surface area contributed by atoms with Crippen LogP contribution in [-0.2, 0) is 14.6 Å². The Hall–Kier alpha value is -1.38. The fraction of sp³-hybridized carbons (Fsp3) is 0.474. The van der Waals surface area contributed by atoms with E-state index in [-0.39, 0.29) is 29.2 Å². The maximum absolute atomic E-state index is 12.8. The van der Waals surface area contributed by atoms with Crippen LogP contribution in [-0.4, -0.2) is 54.1 Å². The van der Waals surface area contributed by atoms with Crippen LogP contribution in [0.25, 0.3) is 11.3 Å². The fourth-order valence-corrected chi connectivity index (χ4v) is 6.59. The number of thioether (sulfide) groups is 1. The molecule has 0 radical (unpaired) electrons. The number of carbonyl (C=O) groups is 1. The summed E-state index contributed by atoms with van der Waals surface area (Å²) in [5.74, 6) is 0.843. The van der Waals surface area contributed by atoms with Crippen LogP contribution in [0.15, 0.2) is 40.1 Å². The van der Waals surface area contributed by atoms with Crippen molar-refractivity contribution < 1.29 is 13.2 Å². The van der Waals surface area contributed by atoms with Gasteiger partial charge in [-0.25, -0.2) is 13.4 Å². The molecule has 0 spiro atoms. The first-order chi connectivity index (χ1) is 12.8. The standard InChI is InChI=1S/C19H24N2O3S3/c1-14(2)10-21(16-8-9-27(23,24)13-16)18(22)12-26-19-20-17(11-25-19)15-6-4-3-5-7-15/h3-7,11,14,16H,8-10,12-13H2,1-2H3/t16-/m0/s1. The number of aromatic nitrogens is 1. The molecule has 0 N–H and O–H groups in total. The van der Waals surface area contributed by atoms with E-state index in [1.165, 1.54) is 23.1 Å². The van der Waals surface area contributed by atoms with Gasteiger partial charge < -0.3 is 4.90 Å². The Morgan fingerprint density at radius 1 is 1.33 bits per heavy atom. The van der Waals surface area contributed by atoms with E-state index in [9.17, 15) is 13.2 Å². The van der Waals surface area contributed by atoms with Gasteiger partial charge in [0.2, 0.25) is 5.91 Å². The van der Waals surface area contributed by atoms with Gasteiger partial charge in [0.1, 0.15) is 0 Å². The summed E-state index contributed by atoms with van der Waals surface area (Å²) in [4.78, 5) is 19.2. The van der Waals surface area contributed by atoms with Gasteiger partial charge >= 0.3 is 0 Å². The highest BCUT2D eigenvalue weighted by Crippen LogP contribution is 2.29. The lowest BCUT2D eigenvalue weighted by Crippen LogP contribution is -2.44. The maximum atomic E-state index is 12.8. The number of rotatable bonds is 7. The highest BCUT2D eigenvalue weighted by Gasteiger charge is 2.34. The monoisotopic (exact) mass is 424 g/mol. The van der Waals surface area contributed by atoms with Gasteiger partial charge in [-0.3, -0.25) is 4.79 Å². The number of sulfone groups is 1. The van der Waals surface area contributed by atoms with E-state index in [0.29, 0.717) is 18.9 Å². The first kappa shape index (κ1) is 20.4. The number of hydrogen-bond donors (Lipinski definition) is 0. The zero-order chi connectivity index (χ0) is 19.4. The first-order valence-corrected chi connectivity index (χ1v) is 12.7. The summed E-state index contributed by atoms with van der Waals surface area (Å²) in [6.07, 6.45) is 0.543. The van der Waals surface area contributed by atoms with Crippen molar-refractivity contribution >= 4 is 38.8 Å². The lowest BCUT2D eigenvalue weighted by molar-refractivity contribution is -0.130. The lowest BCUT2D eigenvalue weighted by atomic mass is 10.1. The summed E-state index contributed by atoms with van der Waals surface area (Å²) < 4.78 is 24.5. The van der Waals surface area contributed by atoms with Crippen LogP contribution in [0.1, 0.15) is 20.3 Å². The molecule has 1 amide bonds. The van der Waals surface area contributed by atoms with Gasteiger partial charge in [-0.15, -0.1) is 11.3 Å². The zero-order valence-electron chi connectivity index (χ0n) is 15.5. The van der Waals surface area contributed by atoms with Crippen molar-refractivity contribution in [1.29, 1.82) is 0 Å². The normalized spacial score (nSPS) is 18.7. The SMILES string of the molecule is CC(C)CN(C(=O)CSc1nc(-c2ccccc2)cs1)[C@H]1CCS(=O)(=O)C1. The van der Waals surface area contributed by atoms with Gasteiger partial charge in [0.05, 0.1) is 23.0 Å². The molecule has 8 heteroatoms. The van der Waals surface area contributed by atoms with Gasteiger partial charge in [-0.05, 0) is 12.3 Å².